The van der Waals surface area contributed by atoms with Gasteiger partial charge in [0.1, 0.15) is 5.69 Å². The summed E-state index contributed by atoms with van der Waals surface area (Å²) >= 11 is 7.44. The van der Waals surface area contributed by atoms with E-state index in [9.17, 15) is 18.0 Å². The fourth-order valence-corrected chi connectivity index (χ4v) is 6.81. The van der Waals surface area contributed by atoms with Gasteiger partial charge in [0.2, 0.25) is 10.0 Å². The predicted octanol–water partition coefficient (Wildman–Crippen LogP) is 2.25. The van der Waals surface area contributed by atoms with Gasteiger partial charge in [0.05, 0.1) is 24.0 Å². The molecule has 0 bridgehead atoms. The third-order valence-electron chi connectivity index (χ3n) is 6.62. The Morgan fingerprint density at radius 3 is 2.68 bits per heavy atom. The lowest BCUT2D eigenvalue weighted by molar-refractivity contribution is 0.0847. The number of fused-ring (bicyclic) bond motifs is 2. The van der Waals surface area contributed by atoms with Crippen LogP contribution in [-0.4, -0.2) is 84.4 Å². The highest BCUT2D eigenvalue weighted by Gasteiger charge is 2.36. The molecule has 3 N–H and O–H groups in total. The molecule has 0 radical (unpaired) electrons. The van der Waals surface area contributed by atoms with Crippen LogP contribution in [0.15, 0.2) is 24.3 Å². The molecule has 2 aliphatic rings. The third-order valence-corrected chi connectivity index (χ3v) is 9.21. The summed E-state index contributed by atoms with van der Waals surface area (Å²) in [7, 11) is -1.43. The SMILES string of the molecule is CN1CCc2nc(C(=O)NC3CCN(S(C)(=O)=O)CC3NC(=O)c3cc4cc(Cl)ccc4[nH]3)sc2C1.Cl. The molecule has 0 saturated carbocycles. The largest absolute Gasteiger partial charge is 0.351 e. The number of likely N-dealkylation sites (N-methyl/N-ethyl adjacent to an activating group) is 1. The number of benzene rings is 1. The van der Waals surface area contributed by atoms with Gasteiger partial charge >= 0.3 is 0 Å². The number of sulfonamides is 1. The van der Waals surface area contributed by atoms with Crippen molar-refractivity contribution in [3.05, 3.63) is 50.6 Å². The van der Waals surface area contributed by atoms with Gasteiger partial charge in [0, 0.05) is 53.4 Å². The molecular weight excluding hydrogens is 559 g/mol. The molecule has 2 atom stereocenters. The smallest absolute Gasteiger partial charge is 0.280 e. The van der Waals surface area contributed by atoms with E-state index < -0.39 is 28.0 Å². The second kappa shape index (κ2) is 10.9. The number of hydrogen-bond acceptors (Lipinski definition) is 7. The molecule has 5 rings (SSSR count). The number of rotatable bonds is 5. The Hall–Kier alpha value is -2.22. The minimum absolute atomic E-state index is 0. The van der Waals surface area contributed by atoms with Crippen molar-refractivity contribution in [2.24, 2.45) is 0 Å². The van der Waals surface area contributed by atoms with Gasteiger partial charge in [-0.05, 0) is 37.7 Å². The molecule has 1 fully saturated rings. The van der Waals surface area contributed by atoms with E-state index in [4.69, 9.17) is 11.6 Å². The van der Waals surface area contributed by atoms with E-state index in [0.717, 1.165) is 47.2 Å². The van der Waals surface area contributed by atoms with Crippen LogP contribution >= 0.6 is 35.3 Å². The second-order valence-corrected chi connectivity index (χ2v) is 12.9. The lowest BCUT2D eigenvalue weighted by Gasteiger charge is -2.37. The summed E-state index contributed by atoms with van der Waals surface area (Å²) in [6.45, 7) is 1.97. The zero-order valence-electron chi connectivity index (χ0n) is 20.3. The molecule has 2 aromatic heterocycles. The van der Waals surface area contributed by atoms with Crippen LogP contribution < -0.4 is 10.6 Å². The highest BCUT2D eigenvalue weighted by molar-refractivity contribution is 7.88. The second-order valence-electron chi connectivity index (χ2n) is 9.36. The molecule has 4 heterocycles. The van der Waals surface area contributed by atoms with E-state index in [1.807, 2.05) is 7.05 Å². The van der Waals surface area contributed by atoms with Crippen molar-refractivity contribution < 1.29 is 18.0 Å². The van der Waals surface area contributed by atoms with Crippen molar-refractivity contribution in [3.8, 4) is 0 Å². The highest BCUT2D eigenvalue weighted by Crippen LogP contribution is 2.25. The number of halogens is 2. The standard InChI is InChI=1S/C23H27ClN6O4S2.ClH/c1-29-7-5-17-20(12-29)35-23(28-17)22(32)26-16-6-8-30(36(2,33)34)11-19(16)27-21(31)18-10-13-9-14(24)3-4-15(13)25-18;/h3-4,9-10,16,19,25H,5-8,11-12H2,1-2H3,(H,26,32)(H,27,31);1H. The first-order chi connectivity index (χ1) is 17.1. The number of nitrogens with one attached hydrogen (secondary N) is 3. The maximum Gasteiger partial charge on any atom is 0.280 e. The van der Waals surface area contributed by atoms with Crippen LogP contribution in [0.25, 0.3) is 10.9 Å². The maximum absolute atomic E-state index is 13.1. The molecular formula is C23H28Cl2N6O4S2. The topological polar surface area (TPSA) is 128 Å². The molecule has 200 valence electrons. The number of carbonyl (C=O) groups is 2. The van der Waals surface area contributed by atoms with Crippen LogP contribution in [0.2, 0.25) is 5.02 Å². The first-order valence-corrected chi connectivity index (χ1v) is 14.6. The van der Waals surface area contributed by atoms with Crippen molar-refractivity contribution in [3.63, 3.8) is 0 Å². The Bertz CT molecular complexity index is 1440. The van der Waals surface area contributed by atoms with Crippen molar-refractivity contribution in [2.75, 3.05) is 32.9 Å². The number of amides is 2. The molecule has 10 nitrogen and oxygen atoms in total. The summed E-state index contributed by atoms with van der Waals surface area (Å²) in [5, 5.41) is 7.66. The Kier molecular flexibility index (Phi) is 8.17. The van der Waals surface area contributed by atoms with Crippen LogP contribution in [0.4, 0.5) is 0 Å². The Morgan fingerprint density at radius 1 is 1.16 bits per heavy atom. The van der Waals surface area contributed by atoms with E-state index in [1.165, 1.54) is 15.6 Å². The number of aromatic amines is 1. The van der Waals surface area contributed by atoms with Crippen LogP contribution in [0.5, 0.6) is 0 Å². The molecule has 0 spiro atoms. The molecule has 1 saturated heterocycles. The first-order valence-electron chi connectivity index (χ1n) is 11.6. The summed E-state index contributed by atoms with van der Waals surface area (Å²) in [5.74, 6) is -0.705. The molecule has 2 unspecified atom stereocenters. The Morgan fingerprint density at radius 2 is 1.92 bits per heavy atom. The van der Waals surface area contributed by atoms with E-state index in [-0.39, 0.29) is 31.4 Å². The predicted molar refractivity (Wildman–Crippen MR) is 146 cm³/mol. The zero-order valence-corrected chi connectivity index (χ0v) is 23.5. The number of carbonyl (C=O) groups excluding carboxylic acids is 2. The van der Waals surface area contributed by atoms with Gasteiger partial charge in [0.25, 0.3) is 11.8 Å². The van der Waals surface area contributed by atoms with Crippen molar-refractivity contribution >= 4 is 68.1 Å². The maximum atomic E-state index is 13.1. The fraction of sp³-hybridized carbons (Fsp3) is 0.435. The summed E-state index contributed by atoms with van der Waals surface area (Å²) in [5.41, 5.74) is 2.04. The Balaban J connectivity index is 0.00000320. The molecule has 1 aromatic carbocycles. The molecule has 0 aliphatic carbocycles. The number of H-pyrrole nitrogens is 1. The minimum Gasteiger partial charge on any atom is -0.351 e. The monoisotopic (exact) mass is 586 g/mol. The average Bonchev–Trinajstić information content (AvgIpc) is 3.43. The summed E-state index contributed by atoms with van der Waals surface area (Å²) in [4.78, 5) is 37.1. The summed E-state index contributed by atoms with van der Waals surface area (Å²) < 4.78 is 25.8. The van der Waals surface area contributed by atoms with Gasteiger partial charge in [-0.3, -0.25) is 9.59 Å². The van der Waals surface area contributed by atoms with E-state index >= 15 is 0 Å². The van der Waals surface area contributed by atoms with Gasteiger partial charge in [-0.1, -0.05) is 11.6 Å². The average molecular weight is 588 g/mol. The fourth-order valence-electron chi connectivity index (χ4n) is 4.66. The number of piperidine rings is 1. The van der Waals surface area contributed by atoms with Crippen molar-refractivity contribution in [1.29, 1.82) is 0 Å². The molecule has 37 heavy (non-hydrogen) atoms. The lowest BCUT2D eigenvalue weighted by Crippen LogP contribution is -2.61. The minimum atomic E-state index is -3.46. The van der Waals surface area contributed by atoms with Crippen molar-refractivity contribution in [1.82, 2.24) is 29.8 Å². The van der Waals surface area contributed by atoms with Crippen LogP contribution in [0.1, 0.15) is 37.3 Å². The van der Waals surface area contributed by atoms with E-state index in [1.54, 1.807) is 24.3 Å². The van der Waals surface area contributed by atoms with Gasteiger partial charge in [0.15, 0.2) is 5.01 Å². The molecule has 2 aliphatic heterocycles. The number of nitrogens with zero attached hydrogens (tertiary/aromatic N) is 3. The summed E-state index contributed by atoms with van der Waals surface area (Å²) in [6.07, 6.45) is 2.31. The van der Waals surface area contributed by atoms with Gasteiger partial charge in [-0.15, -0.1) is 23.7 Å². The van der Waals surface area contributed by atoms with E-state index in [2.05, 4.69) is 25.5 Å². The normalized spacial score (nSPS) is 20.7. The molecule has 14 heteroatoms. The van der Waals surface area contributed by atoms with Crippen molar-refractivity contribution in [2.45, 2.75) is 31.5 Å². The van der Waals surface area contributed by atoms with Gasteiger partial charge < -0.3 is 20.5 Å². The number of hydrogen-bond donors (Lipinski definition) is 3. The highest BCUT2D eigenvalue weighted by atomic mass is 35.5. The van der Waals surface area contributed by atoms with Crippen LogP contribution in [-0.2, 0) is 23.0 Å². The van der Waals surface area contributed by atoms with Gasteiger partial charge in [-0.25, -0.2) is 13.4 Å². The lowest BCUT2D eigenvalue weighted by atomic mass is 10.0. The number of aromatic nitrogens is 2. The first kappa shape index (κ1) is 27.8. The van der Waals surface area contributed by atoms with E-state index in [0.29, 0.717) is 22.1 Å². The van der Waals surface area contributed by atoms with Crippen LogP contribution in [0, 0.1) is 0 Å². The van der Waals surface area contributed by atoms with Gasteiger partial charge in [-0.2, -0.15) is 4.31 Å². The third kappa shape index (κ3) is 6.10. The van der Waals surface area contributed by atoms with Crippen LogP contribution in [0.3, 0.4) is 0 Å². The zero-order chi connectivity index (χ0) is 25.6. The molecule has 3 aromatic rings. The quantitative estimate of drug-likeness (QED) is 0.421. The summed E-state index contributed by atoms with van der Waals surface area (Å²) in [6, 6.07) is 5.88. The molecule has 2 amide bonds. The number of thiazole rings is 1. The Labute approximate surface area is 230 Å².